The predicted molar refractivity (Wildman–Crippen MR) is 92.0 cm³/mol. The molecule has 0 bridgehead atoms. The summed E-state index contributed by atoms with van der Waals surface area (Å²) in [7, 11) is 0. The molecule has 0 N–H and O–H groups in total. The van der Waals surface area contributed by atoms with Crippen molar-refractivity contribution in [2.45, 2.75) is 13.5 Å². The fourth-order valence-corrected chi connectivity index (χ4v) is 3.03. The van der Waals surface area contributed by atoms with Crippen LogP contribution < -0.4 is 0 Å². The molecule has 3 nitrogen and oxygen atoms in total. The third-order valence-electron chi connectivity index (χ3n) is 4.12. The van der Waals surface area contributed by atoms with Gasteiger partial charge in [-0.1, -0.05) is 36.3 Å². The lowest BCUT2D eigenvalue weighted by Crippen LogP contribution is -2.08. The van der Waals surface area contributed by atoms with Crippen molar-refractivity contribution >= 4 is 5.71 Å². The van der Waals surface area contributed by atoms with Crippen LogP contribution in [0.5, 0.6) is 0 Å². The van der Waals surface area contributed by atoms with Crippen LogP contribution in [0.1, 0.15) is 28.2 Å². The van der Waals surface area contributed by atoms with Gasteiger partial charge in [-0.05, 0) is 25.1 Å². The molecular formula is C20H15N3. The molecule has 23 heavy (non-hydrogen) atoms. The van der Waals surface area contributed by atoms with Crippen molar-refractivity contribution in [1.29, 1.82) is 0 Å². The Hall–Kier alpha value is -3.12. The lowest BCUT2D eigenvalue weighted by atomic mass is 9.98. The minimum Gasteiger partial charge on any atom is -0.298 e. The number of hydrogen-bond donors (Lipinski definition) is 0. The van der Waals surface area contributed by atoms with Gasteiger partial charge in [-0.2, -0.15) is 0 Å². The molecule has 1 aromatic heterocycles. The largest absolute Gasteiger partial charge is 0.298 e. The van der Waals surface area contributed by atoms with Crippen LogP contribution in [-0.2, 0) is 6.54 Å². The second kappa shape index (κ2) is 5.26. The molecular weight excluding hydrogens is 282 g/mol. The van der Waals surface area contributed by atoms with Crippen molar-refractivity contribution in [2.75, 3.05) is 0 Å². The van der Waals surface area contributed by atoms with E-state index in [1.165, 1.54) is 0 Å². The Morgan fingerprint density at radius 2 is 1.96 bits per heavy atom. The smallest absolute Gasteiger partial charge is 0.110 e. The molecule has 1 aliphatic rings. The molecule has 0 fully saturated rings. The highest BCUT2D eigenvalue weighted by Crippen LogP contribution is 2.27. The summed E-state index contributed by atoms with van der Waals surface area (Å²) >= 11 is 0. The fourth-order valence-electron chi connectivity index (χ4n) is 3.03. The van der Waals surface area contributed by atoms with Crippen molar-refractivity contribution in [3.8, 4) is 18.0 Å². The molecule has 4 rings (SSSR count). The molecule has 0 saturated carbocycles. The number of aryl methyl sites for hydroxylation is 1. The third-order valence-corrected chi connectivity index (χ3v) is 4.12. The first-order valence-electron chi connectivity index (χ1n) is 7.52. The first-order valence-corrected chi connectivity index (χ1v) is 7.52. The summed E-state index contributed by atoms with van der Waals surface area (Å²) in [6.45, 7) is 2.61. The summed E-state index contributed by atoms with van der Waals surface area (Å²) in [4.78, 5) is 9.28. The second-order valence-electron chi connectivity index (χ2n) is 5.54. The number of aromatic nitrogens is 2. The van der Waals surface area contributed by atoms with E-state index in [-0.39, 0.29) is 0 Å². The van der Waals surface area contributed by atoms with Crippen LogP contribution in [0, 0.1) is 19.3 Å². The SMILES string of the molecule is C#Cc1ccc2c(c1)C(c1ccccc1)=NCc1cnc(C)n1-2. The molecule has 0 radical (unpaired) electrons. The number of rotatable bonds is 1. The Labute approximate surface area is 135 Å². The first-order chi connectivity index (χ1) is 11.3. The molecule has 0 atom stereocenters. The van der Waals surface area contributed by atoms with E-state index in [0.717, 1.165) is 39.6 Å². The van der Waals surface area contributed by atoms with E-state index in [0.29, 0.717) is 6.54 Å². The van der Waals surface area contributed by atoms with E-state index >= 15 is 0 Å². The lowest BCUT2D eigenvalue weighted by molar-refractivity contribution is 0.889. The highest BCUT2D eigenvalue weighted by Gasteiger charge is 2.20. The maximum absolute atomic E-state index is 5.60. The second-order valence-corrected chi connectivity index (χ2v) is 5.54. The van der Waals surface area contributed by atoms with Gasteiger partial charge in [-0.25, -0.2) is 4.98 Å². The van der Waals surface area contributed by atoms with Crippen molar-refractivity contribution in [1.82, 2.24) is 9.55 Å². The van der Waals surface area contributed by atoms with Crippen LogP contribution in [-0.4, -0.2) is 15.3 Å². The van der Waals surface area contributed by atoms with Crippen molar-refractivity contribution < 1.29 is 0 Å². The van der Waals surface area contributed by atoms with Crippen molar-refractivity contribution in [3.63, 3.8) is 0 Å². The average Bonchev–Trinajstić information content (AvgIpc) is 2.88. The number of hydrogen-bond acceptors (Lipinski definition) is 2. The molecule has 3 heteroatoms. The Kier molecular flexibility index (Phi) is 3.09. The number of nitrogens with zero attached hydrogens (tertiary/aromatic N) is 3. The van der Waals surface area contributed by atoms with E-state index in [1.807, 2.05) is 43.5 Å². The van der Waals surface area contributed by atoms with Crippen LogP contribution >= 0.6 is 0 Å². The highest BCUT2D eigenvalue weighted by molar-refractivity contribution is 6.15. The molecule has 1 aliphatic heterocycles. The summed E-state index contributed by atoms with van der Waals surface area (Å²) in [6, 6.07) is 16.3. The molecule has 2 aromatic carbocycles. The Bertz CT molecular complexity index is 956. The zero-order chi connectivity index (χ0) is 15.8. The molecule has 0 saturated heterocycles. The lowest BCUT2D eigenvalue weighted by Gasteiger charge is -2.13. The summed E-state index contributed by atoms with van der Waals surface area (Å²) in [5.41, 5.74) is 6.14. The summed E-state index contributed by atoms with van der Waals surface area (Å²) in [6.07, 6.45) is 7.50. The number of imidazole rings is 1. The Morgan fingerprint density at radius 1 is 1.13 bits per heavy atom. The van der Waals surface area contributed by atoms with Gasteiger partial charge < -0.3 is 0 Å². The number of aliphatic imine (C=N–C) groups is 1. The van der Waals surface area contributed by atoms with Gasteiger partial charge in [0.25, 0.3) is 0 Å². The van der Waals surface area contributed by atoms with Crippen LogP contribution in [0.4, 0.5) is 0 Å². The number of terminal acetylenes is 1. The monoisotopic (exact) mass is 297 g/mol. The maximum Gasteiger partial charge on any atom is 0.110 e. The predicted octanol–water partition coefficient (Wildman–Crippen LogP) is 3.51. The first kappa shape index (κ1) is 13.5. The standard InChI is InChI=1S/C20H15N3/c1-3-15-9-10-19-18(11-15)20(16-7-5-4-6-8-16)22-13-17-12-21-14(2)23(17)19/h1,4-12H,13H2,2H3. The summed E-state index contributed by atoms with van der Waals surface area (Å²) in [5, 5.41) is 0. The zero-order valence-corrected chi connectivity index (χ0v) is 12.8. The van der Waals surface area contributed by atoms with Gasteiger partial charge >= 0.3 is 0 Å². The van der Waals surface area contributed by atoms with Crippen LogP contribution in [0.15, 0.2) is 59.7 Å². The fraction of sp³-hybridized carbons (Fsp3) is 0.100. The van der Waals surface area contributed by atoms with Crippen molar-refractivity contribution in [3.05, 3.63) is 82.9 Å². The molecule has 0 spiro atoms. The van der Waals surface area contributed by atoms with Gasteiger partial charge in [0.05, 0.1) is 29.8 Å². The van der Waals surface area contributed by atoms with Crippen LogP contribution in [0.25, 0.3) is 5.69 Å². The number of benzene rings is 2. The van der Waals surface area contributed by atoms with Crippen LogP contribution in [0.2, 0.25) is 0 Å². The van der Waals surface area contributed by atoms with Gasteiger partial charge in [0.2, 0.25) is 0 Å². The van der Waals surface area contributed by atoms with E-state index < -0.39 is 0 Å². The molecule has 0 aliphatic carbocycles. The summed E-state index contributed by atoms with van der Waals surface area (Å²) < 4.78 is 2.16. The minimum atomic E-state index is 0.602. The Balaban J connectivity index is 2.02. The van der Waals surface area contributed by atoms with Gasteiger partial charge in [0, 0.05) is 16.7 Å². The van der Waals surface area contributed by atoms with E-state index in [2.05, 4.69) is 33.7 Å². The van der Waals surface area contributed by atoms with Crippen LogP contribution in [0.3, 0.4) is 0 Å². The Morgan fingerprint density at radius 3 is 2.74 bits per heavy atom. The van der Waals surface area contributed by atoms with Gasteiger partial charge in [0.15, 0.2) is 0 Å². The van der Waals surface area contributed by atoms with Gasteiger partial charge in [0.1, 0.15) is 5.82 Å². The average molecular weight is 297 g/mol. The molecule has 3 aromatic rings. The quantitative estimate of drug-likeness (QED) is 0.632. The molecule has 110 valence electrons. The molecule has 0 unspecified atom stereocenters. The van der Waals surface area contributed by atoms with Crippen molar-refractivity contribution in [2.24, 2.45) is 4.99 Å². The molecule has 2 heterocycles. The highest BCUT2D eigenvalue weighted by atomic mass is 15.1. The number of fused-ring (bicyclic) bond motifs is 3. The van der Waals surface area contributed by atoms with E-state index in [1.54, 1.807) is 0 Å². The minimum absolute atomic E-state index is 0.602. The maximum atomic E-state index is 5.60. The zero-order valence-electron chi connectivity index (χ0n) is 12.8. The molecule has 0 amide bonds. The van der Waals surface area contributed by atoms with E-state index in [4.69, 9.17) is 11.4 Å². The topological polar surface area (TPSA) is 30.2 Å². The van der Waals surface area contributed by atoms with Gasteiger partial charge in [-0.15, -0.1) is 6.42 Å². The van der Waals surface area contributed by atoms with Gasteiger partial charge in [-0.3, -0.25) is 9.56 Å². The van der Waals surface area contributed by atoms with E-state index in [9.17, 15) is 0 Å². The normalized spacial score (nSPS) is 12.6. The third kappa shape index (κ3) is 2.16. The summed E-state index contributed by atoms with van der Waals surface area (Å²) in [5.74, 6) is 3.68.